The largest absolute Gasteiger partial charge is 0.388 e. The Morgan fingerprint density at radius 2 is 2.00 bits per heavy atom. The third-order valence-corrected chi connectivity index (χ3v) is 2.99. The number of ketones is 1. The molecule has 0 aliphatic rings. The molecule has 0 aliphatic heterocycles. The van der Waals surface area contributed by atoms with Crippen molar-refractivity contribution in [1.29, 1.82) is 0 Å². The van der Waals surface area contributed by atoms with E-state index in [1.54, 1.807) is 0 Å². The van der Waals surface area contributed by atoms with Crippen molar-refractivity contribution in [3.8, 4) is 0 Å². The van der Waals surface area contributed by atoms with Gasteiger partial charge in [0.05, 0.1) is 5.69 Å². The van der Waals surface area contributed by atoms with Crippen LogP contribution in [0.2, 0.25) is 0 Å². The third kappa shape index (κ3) is 4.64. The van der Waals surface area contributed by atoms with Gasteiger partial charge in [0.25, 0.3) is 3.79 Å². The highest BCUT2D eigenvalue weighted by molar-refractivity contribution is 6.77. The fourth-order valence-corrected chi connectivity index (χ4v) is 1.75. The first-order valence-electron chi connectivity index (χ1n) is 5.53. The number of aromatic nitrogens is 1. The summed E-state index contributed by atoms with van der Waals surface area (Å²) in [6.07, 6.45) is -1.22. The number of aliphatic hydroxyl groups excluding tert-OH is 2. The van der Waals surface area contributed by atoms with Gasteiger partial charge in [0.1, 0.15) is 12.2 Å². The van der Waals surface area contributed by atoms with Crippen LogP contribution in [0.1, 0.15) is 29.1 Å². The van der Waals surface area contributed by atoms with Gasteiger partial charge in [-0.05, 0) is 6.07 Å². The van der Waals surface area contributed by atoms with E-state index in [-0.39, 0.29) is 23.7 Å². The monoisotopic (exact) mass is 342 g/mol. The maximum atomic E-state index is 11.7. The summed E-state index contributed by atoms with van der Waals surface area (Å²) in [5, 5.41) is 21.9. The van der Waals surface area contributed by atoms with Crippen molar-refractivity contribution >= 4 is 46.5 Å². The van der Waals surface area contributed by atoms with Crippen molar-refractivity contribution in [3.05, 3.63) is 23.5 Å². The topological polar surface area (TPSA) is 102 Å². The Morgan fingerprint density at radius 1 is 1.40 bits per heavy atom. The summed E-state index contributed by atoms with van der Waals surface area (Å²) < 4.78 is -2.11. The molecule has 112 valence electrons. The van der Waals surface area contributed by atoms with Crippen LogP contribution in [0.15, 0.2) is 12.3 Å². The molecule has 6 nitrogen and oxygen atoms in total. The number of hydrogen-bond acceptors (Lipinski definition) is 4. The van der Waals surface area contributed by atoms with Crippen LogP contribution in [0.3, 0.4) is 0 Å². The Labute approximate surface area is 130 Å². The van der Waals surface area contributed by atoms with Crippen molar-refractivity contribution in [2.24, 2.45) is 0 Å². The molecule has 0 radical (unpaired) electrons. The van der Waals surface area contributed by atoms with Gasteiger partial charge in [-0.15, -0.1) is 0 Å². The van der Waals surface area contributed by atoms with Crippen molar-refractivity contribution in [2.75, 3.05) is 6.54 Å². The molecule has 0 saturated carbocycles. The minimum Gasteiger partial charge on any atom is -0.388 e. The lowest BCUT2D eigenvalue weighted by atomic mass is 10.1. The van der Waals surface area contributed by atoms with Crippen LogP contribution in [0, 0.1) is 0 Å². The molecular formula is C11H13Cl3N2O4. The van der Waals surface area contributed by atoms with Gasteiger partial charge in [0, 0.05) is 25.2 Å². The van der Waals surface area contributed by atoms with E-state index in [0.717, 1.165) is 0 Å². The Hall–Kier alpha value is -0.790. The average molecular weight is 344 g/mol. The van der Waals surface area contributed by atoms with E-state index in [1.165, 1.54) is 19.2 Å². The number of carbonyl (C=O) groups is 2. The van der Waals surface area contributed by atoms with Gasteiger partial charge >= 0.3 is 0 Å². The molecule has 1 rings (SSSR count). The van der Waals surface area contributed by atoms with Gasteiger partial charge in [-0.3, -0.25) is 9.59 Å². The maximum Gasteiger partial charge on any atom is 0.254 e. The molecule has 0 aliphatic carbocycles. The molecule has 2 atom stereocenters. The number of nitrogens with one attached hydrogen (secondary N) is 2. The zero-order valence-electron chi connectivity index (χ0n) is 10.4. The first-order valence-corrected chi connectivity index (χ1v) is 6.66. The van der Waals surface area contributed by atoms with Crippen molar-refractivity contribution < 1.29 is 19.8 Å². The number of rotatable bonds is 5. The second-order valence-corrected chi connectivity index (χ2v) is 6.40. The molecule has 20 heavy (non-hydrogen) atoms. The van der Waals surface area contributed by atoms with Crippen LogP contribution in [0.5, 0.6) is 0 Å². The fourth-order valence-electron chi connectivity index (χ4n) is 1.45. The molecular weight excluding hydrogens is 330 g/mol. The third-order valence-electron chi connectivity index (χ3n) is 2.47. The molecule has 0 bridgehead atoms. The summed E-state index contributed by atoms with van der Waals surface area (Å²) in [5.41, 5.74) is 0.228. The molecule has 0 aromatic carbocycles. The summed E-state index contributed by atoms with van der Waals surface area (Å²) in [6, 6.07) is 1.27. The number of halogens is 3. The lowest BCUT2D eigenvalue weighted by Crippen LogP contribution is -2.34. The van der Waals surface area contributed by atoms with Crippen molar-refractivity contribution in [2.45, 2.75) is 22.9 Å². The van der Waals surface area contributed by atoms with Gasteiger partial charge in [-0.1, -0.05) is 34.8 Å². The number of alkyl halides is 3. The maximum absolute atomic E-state index is 11.7. The first-order chi connectivity index (χ1) is 9.12. The van der Waals surface area contributed by atoms with E-state index in [4.69, 9.17) is 34.8 Å². The fraction of sp³-hybridized carbons (Fsp3) is 0.455. The Kier molecular flexibility index (Phi) is 5.85. The van der Waals surface area contributed by atoms with Crippen LogP contribution in [0.4, 0.5) is 0 Å². The number of hydrogen-bond donors (Lipinski definition) is 4. The molecule has 9 heteroatoms. The molecule has 1 heterocycles. The number of carbonyl (C=O) groups excluding carboxylic acids is 2. The normalized spacial score (nSPS) is 14.7. The van der Waals surface area contributed by atoms with E-state index in [0.29, 0.717) is 0 Å². The van der Waals surface area contributed by atoms with Crippen LogP contribution in [-0.2, 0) is 4.79 Å². The van der Waals surface area contributed by atoms with Crippen LogP contribution < -0.4 is 5.32 Å². The molecule has 0 fully saturated rings. The lowest BCUT2D eigenvalue weighted by molar-refractivity contribution is -0.119. The zero-order valence-corrected chi connectivity index (χ0v) is 12.6. The summed E-state index contributed by atoms with van der Waals surface area (Å²) in [4.78, 5) is 24.9. The van der Waals surface area contributed by atoms with Crippen molar-refractivity contribution in [1.82, 2.24) is 10.3 Å². The van der Waals surface area contributed by atoms with Gasteiger partial charge < -0.3 is 20.5 Å². The Morgan fingerprint density at radius 3 is 2.50 bits per heavy atom. The lowest BCUT2D eigenvalue weighted by Gasteiger charge is -2.16. The Balaban J connectivity index is 2.76. The van der Waals surface area contributed by atoms with Crippen LogP contribution in [0.25, 0.3) is 0 Å². The second kappa shape index (κ2) is 6.78. The van der Waals surface area contributed by atoms with Crippen LogP contribution in [-0.4, -0.2) is 43.3 Å². The van der Waals surface area contributed by atoms with Gasteiger partial charge in [-0.25, -0.2) is 0 Å². The SMILES string of the molecule is CC(=O)NCC(O)C(O)c1c[nH]c(C(=O)C(Cl)(Cl)Cl)c1. The second-order valence-electron chi connectivity index (χ2n) is 4.12. The molecule has 0 spiro atoms. The van der Waals surface area contributed by atoms with Gasteiger partial charge in [0.2, 0.25) is 11.7 Å². The van der Waals surface area contributed by atoms with E-state index < -0.39 is 21.8 Å². The predicted octanol–water partition coefficient (Wildman–Crippen LogP) is 1.10. The van der Waals surface area contributed by atoms with E-state index >= 15 is 0 Å². The minimum absolute atomic E-state index is 0.00854. The van der Waals surface area contributed by atoms with Gasteiger partial charge in [0.15, 0.2) is 0 Å². The standard InChI is InChI=1S/C11H13Cl3N2O4/c1-5(17)15-4-8(18)9(19)6-2-7(16-3-6)10(20)11(12,13)14/h2-3,8-9,16,18-19H,4H2,1H3,(H,15,17). The number of aromatic amines is 1. The number of aliphatic hydroxyl groups is 2. The average Bonchev–Trinajstić information content (AvgIpc) is 2.82. The quantitative estimate of drug-likeness (QED) is 0.475. The minimum atomic E-state index is -2.11. The number of Topliss-reactive ketones (excluding diaryl/α,β-unsaturated/α-hetero) is 1. The number of amides is 1. The molecule has 1 aromatic heterocycles. The number of H-pyrrole nitrogens is 1. The van der Waals surface area contributed by atoms with Crippen molar-refractivity contribution in [3.63, 3.8) is 0 Å². The smallest absolute Gasteiger partial charge is 0.254 e. The summed E-state index contributed by atoms with van der Waals surface area (Å²) in [5.74, 6) is -1.12. The zero-order chi connectivity index (χ0) is 15.5. The van der Waals surface area contributed by atoms with E-state index in [2.05, 4.69) is 10.3 Å². The summed E-state index contributed by atoms with van der Waals surface area (Å²) in [6.45, 7) is 1.16. The molecule has 0 saturated heterocycles. The highest BCUT2D eigenvalue weighted by atomic mass is 35.6. The molecule has 2 unspecified atom stereocenters. The molecule has 1 amide bonds. The first kappa shape index (κ1) is 17.3. The molecule has 1 aromatic rings. The predicted molar refractivity (Wildman–Crippen MR) is 75.1 cm³/mol. The summed E-state index contributed by atoms with van der Waals surface area (Å²) in [7, 11) is 0. The van der Waals surface area contributed by atoms with E-state index in [1.807, 2.05) is 0 Å². The molecule has 4 N–H and O–H groups in total. The highest BCUT2D eigenvalue weighted by Gasteiger charge is 2.33. The highest BCUT2D eigenvalue weighted by Crippen LogP contribution is 2.31. The van der Waals surface area contributed by atoms with Gasteiger partial charge in [-0.2, -0.15) is 0 Å². The Bertz CT molecular complexity index is 498. The van der Waals surface area contributed by atoms with Crippen LogP contribution >= 0.6 is 34.8 Å². The summed E-state index contributed by atoms with van der Waals surface area (Å²) >= 11 is 16.4. The van der Waals surface area contributed by atoms with E-state index in [9.17, 15) is 19.8 Å².